The van der Waals surface area contributed by atoms with Crippen LogP contribution in [0.2, 0.25) is 5.02 Å². The Balaban J connectivity index is 1.42. The highest BCUT2D eigenvalue weighted by Gasteiger charge is 2.08. The minimum Gasteiger partial charge on any atom is -0.494 e. The van der Waals surface area contributed by atoms with E-state index in [0.717, 1.165) is 35.9 Å². The van der Waals surface area contributed by atoms with E-state index in [1.807, 2.05) is 24.3 Å². The Morgan fingerprint density at radius 1 is 1.03 bits per heavy atom. The summed E-state index contributed by atoms with van der Waals surface area (Å²) < 4.78 is 17.3. The lowest BCUT2D eigenvalue weighted by molar-refractivity contribution is -0.120. The van der Waals surface area contributed by atoms with Crippen LogP contribution >= 0.6 is 22.9 Å². The van der Waals surface area contributed by atoms with Gasteiger partial charge in [-0.25, -0.2) is 5.43 Å². The van der Waals surface area contributed by atoms with Crippen molar-refractivity contribution >= 4 is 40.2 Å². The first kappa shape index (κ1) is 27.2. The van der Waals surface area contributed by atoms with Gasteiger partial charge in [0.25, 0.3) is 0 Å². The van der Waals surface area contributed by atoms with Crippen molar-refractivity contribution in [2.75, 3.05) is 25.6 Å². The monoisotopic (exact) mass is 531 g/mol. The van der Waals surface area contributed by atoms with Crippen LogP contribution in [0.4, 0.5) is 5.13 Å². The molecule has 1 heterocycles. The molecule has 0 spiro atoms. The summed E-state index contributed by atoms with van der Waals surface area (Å²) in [4.78, 5) is 12.0. The van der Waals surface area contributed by atoms with E-state index in [-0.39, 0.29) is 12.3 Å². The van der Waals surface area contributed by atoms with E-state index in [1.165, 1.54) is 25.5 Å². The molecule has 0 fully saturated rings. The quantitative estimate of drug-likeness (QED) is 0.163. The number of carbonyl (C=O) groups is 1. The molecule has 0 radical (unpaired) electrons. The van der Waals surface area contributed by atoms with Gasteiger partial charge in [0, 0.05) is 10.6 Å². The largest absolute Gasteiger partial charge is 0.494 e. The van der Waals surface area contributed by atoms with Gasteiger partial charge in [-0.3, -0.25) is 4.79 Å². The number of nitrogens with zero attached hydrogens (tertiary/aromatic N) is 3. The Labute approximate surface area is 219 Å². The summed E-state index contributed by atoms with van der Waals surface area (Å²) in [6.45, 7) is 3.57. The summed E-state index contributed by atoms with van der Waals surface area (Å²) in [5.74, 6) is 1.78. The third-order valence-electron chi connectivity index (χ3n) is 4.86. The average Bonchev–Trinajstić information content (AvgIpc) is 3.27. The smallest absolute Gasteiger partial charge is 0.247 e. The zero-order valence-electron chi connectivity index (χ0n) is 20.1. The Morgan fingerprint density at radius 3 is 2.44 bits per heavy atom. The number of rotatable bonds is 15. The van der Waals surface area contributed by atoms with Gasteiger partial charge >= 0.3 is 0 Å². The van der Waals surface area contributed by atoms with Crippen molar-refractivity contribution in [2.24, 2.45) is 5.10 Å². The minimum atomic E-state index is -0.340. The van der Waals surface area contributed by atoms with Crippen LogP contribution < -0.4 is 25.4 Å². The molecule has 0 atom stereocenters. The molecular formula is C25H30ClN5O4S. The zero-order chi connectivity index (χ0) is 25.6. The highest BCUT2D eigenvalue weighted by molar-refractivity contribution is 7.15. The Hall–Kier alpha value is -3.37. The van der Waals surface area contributed by atoms with Gasteiger partial charge in [-0.05, 0) is 48.9 Å². The molecule has 0 aliphatic rings. The molecule has 3 rings (SSSR count). The number of nitrogen functional groups attached to an aromatic ring is 1. The van der Waals surface area contributed by atoms with Crippen LogP contribution in [0.1, 0.15) is 43.2 Å². The van der Waals surface area contributed by atoms with Gasteiger partial charge in [0.1, 0.15) is 35.5 Å². The van der Waals surface area contributed by atoms with Gasteiger partial charge < -0.3 is 19.9 Å². The molecule has 36 heavy (non-hydrogen) atoms. The SMILES string of the molecule is CCCCCCOc1ccc(OCCOc2ccc(Cl)cc2/C=N/NC(=O)Cc2nnc(N)s2)cc1. The van der Waals surface area contributed by atoms with Crippen LogP contribution in [0, 0.1) is 0 Å². The number of hydrogen-bond acceptors (Lipinski definition) is 9. The number of nitrogens with two attached hydrogens (primary N) is 1. The molecule has 1 amide bonds. The summed E-state index contributed by atoms with van der Waals surface area (Å²) in [5.41, 5.74) is 8.58. The molecule has 9 nitrogen and oxygen atoms in total. The zero-order valence-corrected chi connectivity index (χ0v) is 21.7. The second-order valence-corrected chi connectivity index (χ2v) is 9.29. The predicted molar refractivity (Wildman–Crippen MR) is 142 cm³/mol. The lowest BCUT2D eigenvalue weighted by Gasteiger charge is -2.11. The minimum absolute atomic E-state index is 0.0362. The van der Waals surface area contributed by atoms with Gasteiger partial charge in [0.2, 0.25) is 11.0 Å². The van der Waals surface area contributed by atoms with Crippen molar-refractivity contribution in [3.8, 4) is 17.2 Å². The first-order valence-corrected chi connectivity index (χ1v) is 12.9. The fraction of sp³-hybridized carbons (Fsp3) is 0.360. The highest BCUT2D eigenvalue weighted by atomic mass is 35.5. The number of carbonyl (C=O) groups excluding carboxylic acids is 1. The van der Waals surface area contributed by atoms with Crippen molar-refractivity contribution in [1.82, 2.24) is 15.6 Å². The molecule has 0 saturated carbocycles. The first-order chi connectivity index (χ1) is 17.5. The molecule has 192 valence electrons. The maximum Gasteiger partial charge on any atom is 0.247 e. The summed E-state index contributed by atoms with van der Waals surface area (Å²) in [6.07, 6.45) is 6.21. The molecule has 11 heteroatoms. The summed E-state index contributed by atoms with van der Waals surface area (Å²) in [5, 5.41) is 12.8. The molecule has 0 bridgehead atoms. The van der Waals surface area contributed by atoms with Gasteiger partial charge in [-0.15, -0.1) is 10.2 Å². The van der Waals surface area contributed by atoms with Crippen LogP contribution in [0.5, 0.6) is 17.2 Å². The second-order valence-electron chi connectivity index (χ2n) is 7.76. The van der Waals surface area contributed by atoms with Crippen molar-refractivity contribution in [3.05, 3.63) is 58.1 Å². The second kappa shape index (κ2) is 14.9. The molecule has 3 N–H and O–H groups in total. The van der Waals surface area contributed by atoms with E-state index < -0.39 is 0 Å². The number of ether oxygens (including phenoxy) is 3. The predicted octanol–water partition coefficient (Wildman–Crippen LogP) is 4.88. The molecule has 0 aliphatic heterocycles. The standard InChI is InChI=1S/C25H30ClN5O4S/c1-2-3-4-5-12-33-20-7-9-21(10-8-20)34-13-14-35-22-11-6-19(26)15-18(22)17-28-29-23(32)16-24-30-31-25(27)36-24/h6-11,15,17H,2-5,12-14,16H2,1H3,(H2,27,31)(H,29,32)/b28-17+. The van der Waals surface area contributed by atoms with Gasteiger partial charge in [0.05, 0.1) is 19.2 Å². The Kier molecular flexibility index (Phi) is 11.3. The van der Waals surface area contributed by atoms with Crippen molar-refractivity contribution in [3.63, 3.8) is 0 Å². The number of halogens is 1. The molecule has 3 aromatic rings. The summed E-state index contributed by atoms with van der Waals surface area (Å²) in [7, 11) is 0. The number of amides is 1. The van der Waals surface area contributed by atoms with Crippen LogP contribution in [-0.2, 0) is 11.2 Å². The number of hydrazone groups is 1. The van der Waals surface area contributed by atoms with Crippen molar-refractivity contribution in [1.29, 1.82) is 0 Å². The van der Waals surface area contributed by atoms with E-state index in [2.05, 4.69) is 27.6 Å². The third-order valence-corrected chi connectivity index (χ3v) is 5.85. The van der Waals surface area contributed by atoms with E-state index in [9.17, 15) is 4.79 Å². The summed E-state index contributed by atoms with van der Waals surface area (Å²) >= 11 is 7.26. The Bertz CT molecular complexity index is 1120. The number of hydrogen-bond donors (Lipinski definition) is 2. The van der Waals surface area contributed by atoms with Gasteiger partial charge in [0.15, 0.2) is 0 Å². The van der Waals surface area contributed by atoms with Crippen molar-refractivity contribution < 1.29 is 19.0 Å². The van der Waals surface area contributed by atoms with Crippen LogP contribution in [0.25, 0.3) is 0 Å². The first-order valence-electron chi connectivity index (χ1n) is 11.7. The average molecular weight is 532 g/mol. The summed E-state index contributed by atoms with van der Waals surface area (Å²) in [6, 6.07) is 12.7. The fourth-order valence-electron chi connectivity index (χ4n) is 3.10. The van der Waals surface area contributed by atoms with Crippen LogP contribution in [-0.4, -0.2) is 42.1 Å². The lowest BCUT2D eigenvalue weighted by Crippen LogP contribution is -2.19. The molecule has 2 aromatic carbocycles. The molecule has 0 aliphatic carbocycles. The van der Waals surface area contributed by atoms with E-state index in [0.29, 0.717) is 39.7 Å². The topological polar surface area (TPSA) is 121 Å². The molecule has 1 aromatic heterocycles. The van der Waals surface area contributed by atoms with Crippen molar-refractivity contribution in [2.45, 2.75) is 39.0 Å². The van der Waals surface area contributed by atoms with Gasteiger partial charge in [-0.2, -0.15) is 5.10 Å². The van der Waals surface area contributed by atoms with E-state index in [1.54, 1.807) is 18.2 Å². The molecular weight excluding hydrogens is 502 g/mol. The number of benzene rings is 2. The number of aromatic nitrogens is 2. The maximum absolute atomic E-state index is 12.0. The van der Waals surface area contributed by atoms with Gasteiger partial charge in [-0.1, -0.05) is 49.1 Å². The van der Waals surface area contributed by atoms with Crippen LogP contribution in [0.15, 0.2) is 47.6 Å². The highest BCUT2D eigenvalue weighted by Crippen LogP contribution is 2.22. The normalized spacial score (nSPS) is 10.9. The lowest BCUT2D eigenvalue weighted by atomic mass is 10.2. The Morgan fingerprint density at radius 2 is 1.75 bits per heavy atom. The maximum atomic E-state index is 12.0. The van der Waals surface area contributed by atoms with E-state index in [4.69, 9.17) is 31.5 Å². The van der Waals surface area contributed by atoms with Crippen LogP contribution in [0.3, 0.4) is 0 Å². The molecule has 0 unspecified atom stereocenters. The molecule has 0 saturated heterocycles. The number of nitrogens with one attached hydrogen (secondary N) is 1. The number of anilines is 1. The fourth-order valence-corrected chi connectivity index (χ4v) is 3.89. The van der Waals surface area contributed by atoms with E-state index >= 15 is 0 Å². The third kappa shape index (κ3) is 9.71. The number of unbranched alkanes of at least 4 members (excludes halogenated alkanes) is 3.